The second-order valence-corrected chi connectivity index (χ2v) is 12.3. The average Bonchev–Trinajstić information content (AvgIpc) is 3.82. The Morgan fingerprint density at radius 2 is 1.44 bits per heavy atom. The van der Waals surface area contributed by atoms with Gasteiger partial charge in [0, 0.05) is 36.4 Å². The van der Waals surface area contributed by atoms with E-state index >= 15 is 0 Å². The minimum Gasteiger partial charge on any atom is -0.493 e. The van der Waals surface area contributed by atoms with Crippen LogP contribution in [0.2, 0.25) is 0 Å². The Labute approximate surface area is 292 Å². The van der Waals surface area contributed by atoms with Gasteiger partial charge in [0.25, 0.3) is 5.91 Å². The molecule has 0 bridgehead atoms. The molecule has 3 aliphatic heterocycles. The third-order valence-corrected chi connectivity index (χ3v) is 9.24. The minimum atomic E-state index is -0.298. The lowest BCUT2D eigenvalue weighted by molar-refractivity contribution is 0.0774. The predicted molar refractivity (Wildman–Crippen MR) is 189 cm³/mol. The number of methoxy groups -OCH3 is 5. The van der Waals surface area contributed by atoms with Gasteiger partial charge in [0.15, 0.2) is 40.6 Å². The molecule has 1 fully saturated rings. The molecule has 0 radical (unpaired) electrons. The van der Waals surface area contributed by atoms with Crippen LogP contribution in [0, 0.1) is 0 Å². The number of oxime groups is 1. The molecule has 0 saturated carbocycles. The smallest absolute Gasteiger partial charge is 0.256 e. The first-order chi connectivity index (χ1) is 24.5. The fourth-order valence-electron chi connectivity index (χ4n) is 6.52. The van der Waals surface area contributed by atoms with Crippen LogP contribution in [0.5, 0.6) is 40.2 Å². The van der Waals surface area contributed by atoms with Gasteiger partial charge in [-0.1, -0.05) is 5.16 Å². The van der Waals surface area contributed by atoms with Crippen LogP contribution in [0.3, 0.4) is 0 Å². The summed E-state index contributed by atoms with van der Waals surface area (Å²) in [5.41, 5.74) is 3.77. The van der Waals surface area contributed by atoms with Gasteiger partial charge >= 0.3 is 0 Å². The highest BCUT2D eigenvalue weighted by Gasteiger charge is 2.33. The molecule has 0 N–H and O–H groups in total. The molecule has 0 aromatic heterocycles. The van der Waals surface area contributed by atoms with E-state index in [4.69, 9.17) is 38.0 Å². The van der Waals surface area contributed by atoms with Gasteiger partial charge in [-0.15, -0.1) is 0 Å². The molecule has 3 heterocycles. The van der Waals surface area contributed by atoms with Crippen molar-refractivity contribution in [3.05, 3.63) is 59.2 Å². The number of carbonyl (C=O) groups excluding carboxylic acids is 1. The number of benzene rings is 3. The second-order valence-electron chi connectivity index (χ2n) is 12.3. The maximum absolute atomic E-state index is 13.1. The number of nitrogens with zero attached hydrogens (tertiary/aromatic N) is 3. The fraction of sp³-hybridized carbons (Fsp3) is 0.447. The molecular weight excluding hydrogens is 642 g/mol. The zero-order valence-corrected chi connectivity index (χ0v) is 29.4. The van der Waals surface area contributed by atoms with Crippen molar-refractivity contribution in [1.82, 2.24) is 4.90 Å². The van der Waals surface area contributed by atoms with Crippen molar-refractivity contribution < 1.29 is 42.8 Å². The van der Waals surface area contributed by atoms with E-state index in [1.54, 1.807) is 41.6 Å². The second kappa shape index (κ2) is 16.1. The van der Waals surface area contributed by atoms with Crippen molar-refractivity contribution >= 4 is 23.5 Å². The van der Waals surface area contributed by atoms with E-state index in [2.05, 4.69) is 10.1 Å². The molecule has 1 amide bonds. The Bertz CT molecular complexity index is 1720. The fourth-order valence-corrected chi connectivity index (χ4v) is 6.52. The van der Waals surface area contributed by atoms with Crippen LogP contribution < -0.4 is 33.2 Å². The molecular formula is C38H45N3O9. The molecule has 1 saturated heterocycles. The molecule has 50 heavy (non-hydrogen) atoms. The lowest BCUT2D eigenvalue weighted by Crippen LogP contribution is -2.35. The molecule has 12 heteroatoms. The van der Waals surface area contributed by atoms with Gasteiger partial charge in [0.05, 0.1) is 71.8 Å². The first kappa shape index (κ1) is 34.7. The Kier molecular flexibility index (Phi) is 11.1. The van der Waals surface area contributed by atoms with Crippen LogP contribution in [0.1, 0.15) is 72.5 Å². The molecule has 266 valence electrons. The lowest BCUT2D eigenvalue weighted by atomic mass is 9.99. The van der Waals surface area contributed by atoms with Gasteiger partial charge in [-0.25, -0.2) is 0 Å². The van der Waals surface area contributed by atoms with Crippen LogP contribution in [-0.2, 0) is 4.84 Å². The van der Waals surface area contributed by atoms with Gasteiger partial charge in [-0.2, -0.15) is 0 Å². The molecule has 1 unspecified atom stereocenters. The lowest BCUT2D eigenvalue weighted by Gasteiger charge is -2.20. The van der Waals surface area contributed by atoms with Crippen LogP contribution in [0.25, 0.3) is 0 Å². The van der Waals surface area contributed by atoms with E-state index in [1.807, 2.05) is 47.5 Å². The number of ether oxygens (including phenoxy) is 7. The molecule has 0 aliphatic carbocycles. The number of hydrogen-bond donors (Lipinski definition) is 0. The summed E-state index contributed by atoms with van der Waals surface area (Å²) in [7, 11) is 7.97. The summed E-state index contributed by atoms with van der Waals surface area (Å²) in [6, 6.07) is 13.2. The maximum atomic E-state index is 13.1. The van der Waals surface area contributed by atoms with Crippen molar-refractivity contribution in [2.24, 2.45) is 10.1 Å². The first-order valence-electron chi connectivity index (χ1n) is 17.0. The van der Waals surface area contributed by atoms with E-state index in [0.29, 0.717) is 71.1 Å². The highest BCUT2D eigenvalue weighted by molar-refractivity contribution is 6.03. The van der Waals surface area contributed by atoms with Gasteiger partial charge in [-0.05, 0) is 74.9 Å². The van der Waals surface area contributed by atoms with E-state index in [1.165, 1.54) is 0 Å². The minimum absolute atomic E-state index is 0.000631. The number of carbonyl (C=O) groups is 1. The zero-order valence-electron chi connectivity index (χ0n) is 29.4. The number of amides is 1. The quantitative estimate of drug-likeness (QED) is 0.148. The van der Waals surface area contributed by atoms with Crippen LogP contribution in [-0.4, -0.2) is 84.1 Å². The topological polar surface area (TPSA) is 119 Å². The van der Waals surface area contributed by atoms with Crippen LogP contribution in [0.15, 0.2) is 52.6 Å². The largest absolute Gasteiger partial charge is 0.493 e. The van der Waals surface area contributed by atoms with Crippen molar-refractivity contribution in [1.29, 1.82) is 0 Å². The number of aliphatic imine (C=N–C) groups is 1. The van der Waals surface area contributed by atoms with Crippen molar-refractivity contribution in [3.63, 3.8) is 0 Å². The normalized spacial score (nSPS) is 17.7. The summed E-state index contributed by atoms with van der Waals surface area (Å²) in [5.74, 6) is 4.11. The van der Waals surface area contributed by atoms with Gasteiger partial charge < -0.3 is 42.9 Å². The van der Waals surface area contributed by atoms with Crippen molar-refractivity contribution in [2.45, 2.75) is 57.1 Å². The standard InChI is InChI=1S/C38H45N3O9/c1-43-32-17-24(28-21-31(50-40-28)25-18-35(45-3)37(47-5)36(19-25)46-4)12-13-30(32)48-15-8-6-7-9-16-49-34-22-29-27(20-33(34)44-2)38(42)41-14-10-11-26(41)23-39-29/h12-13,17-20,22-23,26,31H,6-11,14-16,21H2,1-5H3/t26-,31?/m0/s1. The molecule has 0 spiro atoms. The Morgan fingerprint density at radius 3 is 2.12 bits per heavy atom. The van der Waals surface area contributed by atoms with Gasteiger partial charge in [-0.3, -0.25) is 9.79 Å². The van der Waals surface area contributed by atoms with E-state index < -0.39 is 0 Å². The number of fused-ring (bicyclic) bond motifs is 2. The third kappa shape index (κ3) is 7.39. The number of rotatable bonds is 16. The summed E-state index contributed by atoms with van der Waals surface area (Å²) >= 11 is 0. The summed E-state index contributed by atoms with van der Waals surface area (Å²) in [6.07, 6.45) is 7.82. The Morgan fingerprint density at radius 1 is 0.760 bits per heavy atom. The van der Waals surface area contributed by atoms with Gasteiger partial charge in [0.1, 0.15) is 0 Å². The summed E-state index contributed by atoms with van der Waals surface area (Å²) < 4.78 is 39.8. The molecule has 3 aromatic rings. The highest BCUT2D eigenvalue weighted by Crippen LogP contribution is 2.43. The van der Waals surface area contributed by atoms with E-state index in [-0.39, 0.29) is 18.1 Å². The van der Waals surface area contributed by atoms with E-state index in [0.717, 1.165) is 61.9 Å². The van der Waals surface area contributed by atoms with Crippen molar-refractivity contribution in [2.75, 3.05) is 55.3 Å². The number of hydrogen-bond acceptors (Lipinski definition) is 11. The Balaban J connectivity index is 0.952. The molecule has 3 aromatic carbocycles. The first-order valence-corrected chi connectivity index (χ1v) is 17.0. The summed E-state index contributed by atoms with van der Waals surface area (Å²) in [4.78, 5) is 25.4. The highest BCUT2D eigenvalue weighted by atomic mass is 16.6. The van der Waals surface area contributed by atoms with E-state index in [9.17, 15) is 4.79 Å². The van der Waals surface area contributed by atoms with Crippen molar-refractivity contribution in [3.8, 4) is 40.2 Å². The SMILES string of the molecule is COc1cc(C2=NOC(c3cc(OC)c(OC)c(OC)c3)C2)ccc1OCCCCCCOc1cc2c(cc1OC)C(=O)N1CCC[C@H]1C=N2. The molecule has 6 rings (SSSR count). The number of unbranched alkanes of at least 4 members (excludes halogenated alkanes) is 3. The Hall–Kier alpha value is -5.13. The molecule has 3 aliphatic rings. The molecule has 2 atom stereocenters. The predicted octanol–water partition coefficient (Wildman–Crippen LogP) is 6.93. The monoisotopic (exact) mass is 687 g/mol. The van der Waals surface area contributed by atoms with Crippen LogP contribution in [0.4, 0.5) is 5.69 Å². The van der Waals surface area contributed by atoms with Crippen LogP contribution >= 0.6 is 0 Å². The summed E-state index contributed by atoms with van der Waals surface area (Å²) in [6.45, 7) is 1.85. The zero-order chi connectivity index (χ0) is 35.0. The average molecular weight is 688 g/mol. The third-order valence-electron chi connectivity index (χ3n) is 9.24. The molecule has 12 nitrogen and oxygen atoms in total. The maximum Gasteiger partial charge on any atom is 0.256 e. The van der Waals surface area contributed by atoms with Gasteiger partial charge in [0.2, 0.25) is 5.75 Å². The summed E-state index contributed by atoms with van der Waals surface area (Å²) in [5, 5.41) is 4.37.